The molecule has 0 bridgehead atoms. The van der Waals surface area contributed by atoms with Gasteiger partial charge in [0.05, 0.1) is 10.5 Å². The van der Waals surface area contributed by atoms with Crippen LogP contribution in [0.1, 0.15) is 13.3 Å². The van der Waals surface area contributed by atoms with Gasteiger partial charge >= 0.3 is 0 Å². The molecule has 106 valence electrons. The zero-order chi connectivity index (χ0) is 14.5. The molecule has 0 heterocycles. The Hall–Kier alpha value is -1.18. The minimum atomic E-state index is -0.906. The Balaban J connectivity index is 2.65. The number of nitrogens with one attached hydrogen (secondary N) is 1. The molecule has 19 heavy (non-hydrogen) atoms. The smallest absolute Gasteiger partial charge is 0.270 e. The largest absolute Gasteiger partial charge is 0.388 e. The van der Waals surface area contributed by atoms with Crippen molar-refractivity contribution in [1.29, 1.82) is 0 Å². The molecule has 1 atom stereocenters. The summed E-state index contributed by atoms with van der Waals surface area (Å²) in [6.45, 7) is 2.50. The van der Waals surface area contributed by atoms with Gasteiger partial charge in [-0.2, -0.15) is 0 Å². The maximum absolute atomic E-state index is 10.6. The topological polar surface area (TPSA) is 84.6 Å². The van der Waals surface area contributed by atoms with E-state index in [0.717, 1.165) is 0 Å². The quantitative estimate of drug-likeness (QED) is 0.592. The molecule has 0 aliphatic rings. The maximum atomic E-state index is 10.6. The number of hydrogen-bond donors (Lipinski definition) is 2. The first-order chi connectivity index (χ1) is 8.85. The number of aliphatic hydroxyl groups is 1. The van der Waals surface area contributed by atoms with Crippen LogP contribution < -0.4 is 5.32 Å². The van der Waals surface area contributed by atoms with Crippen LogP contribution >= 0.6 is 15.9 Å². The SMILES string of the molecule is COCC[C@](C)(O)CNc1ccc([N+](=O)[O-])cc1Br. The molecule has 2 N–H and O–H groups in total. The van der Waals surface area contributed by atoms with Crippen LogP contribution in [0.3, 0.4) is 0 Å². The van der Waals surface area contributed by atoms with E-state index in [2.05, 4.69) is 21.2 Å². The van der Waals surface area contributed by atoms with E-state index < -0.39 is 10.5 Å². The fourth-order valence-corrected chi connectivity index (χ4v) is 1.96. The van der Waals surface area contributed by atoms with Crippen molar-refractivity contribution in [3.05, 3.63) is 32.8 Å². The Kier molecular flexibility index (Phi) is 5.71. The van der Waals surface area contributed by atoms with Crippen LogP contribution in [0.2, 0.25) is 0 Å². The van der Waals surface area contributed by atoms with Crippen LogP contribution in [-0.4, -0.2) is 35.9 Å². The Morgan fingerprint density at radius 1 is 1.58 bits per heavy atom. The number of nitrogens with zero attached hydrogens (tertiary/aromatic N) is 1. The lowest BCUT2D eigenvalue weighted by molar-refractivity contribution is -0.384. The number of anilines is 1. The van der Waals surface area contributed by atoms with Gasteiger partial charge in [0, 0.05) is 49.0 Å². The molecule has 0 aromatic heterocycles. The van der Waals surface area contributed by atoms with E-state index in [1.807, 2.05) is 0 Å². The molecule has 0 aliphatic heterocycles. The first-order valence-corrected chi connectivity index (χ1v) is 6.54. The van der Waals surface area contributed by atoms with Gasteiger partial charge in [-0.05, 0) is 28.9 Å². The summed E-state index contributed by atoms with van der Waals surface area (Å²) >= 11 is 3.26. The third-order valence-electron chi connectivity index (χ3n) is 2.67. The molecular weight excluding hydrogens is 316 g/mol. The van der Waals surface area contributed by atoms with Gasteiger partial charge in [0.1, 0.15) is 0 Å². The van der Waals surface area contributed by atoms with Crippen LogP contribution in [0.4, 0.5) is 11.4 Å². The number of nitro benzene ring substituents is 1. The summed E-state index contributed by atoms with van der Waals surface area (Å²) in [5.74, 6) is 0. The highest BCUT2D eigenvalue weighted by molar-refractivity contribution is 9.10. The first kappa shape index (κ1) is 15.9. The van der Waals surface area contributed by atoms with Crippen molar-refractivity contribution in [1.82, 2.24) is 0 Å². The van der Waals surface area contributed by atoms with Gasteiger partial charge in [0.25, 0.3) is 5.69 Å². The highest BCUT2D eigenvalue weighted by atomic mass is 79.9. The fraction of sp³-hybridized carbons (Fsp3) is 0.500. The van der Waals surface area contributed by atoms with Gasteiger partial charge in [-0.1, -0.05) is 0 Å². The molecule has 1 aromatic rings. The van der Waals surface area contributed by atoms with Crippen molar-refractivity contribution in [3.8, 4) is 0 Å². The zero-order valence-electron chi connectivity index (χ0n) is 10.9. The summed E-state index contributed by atoms with van der Waals surface area (Å²) in [6, 6.07) is 4.44. The standard InChI is InChI=1S/C12H17BrN2O4/c1-12(16,5-6-19-2)8-14-11-4-3-9(15(17)18)7-10(11)13/h3-4,7,14,16H,5-6,8H2,1-2H3/t12-/m0/s1. The molecule has 0 aliphatic carbocycles. The third kappa shape index (κ3) is 5.14. The fourth-order valence-electron chi connectivity index (χ4n) is 1.46. The van der Waals surface area contributed by atoms with Crippen molar-refractivity contribution in [3.63, 3.8) is 0 Å². The molecule has 0 radical (unpaired) electrons. The Labute approximate surface area is 120 Å². The molecule has 6 nitrogen and oxygen atoms in total. The van der Waals surface area contributed by atoms with Gasteiger partial charge in [-0.15, -0.1) is 0 Å². The third-order valence-corrected chi connectivity index (χ3v) is 3.32. The van der Waals surface area contributed by atoms with Crippen LogP contribution in [0.5, 0.6) is 0 Å². The second kappa shape index (κ2) is 6.83. The van der Waals surface area contributed by atoms with Gasteiger partial charge in [0.2, 0.25) is 0 Å². The molecule has 1 aromatic carbocycles. The van der Waals surface area contributed by atoms with Gasteiger partial charge in [-0.25, -0.2) is 0 Å². The molecule has 0 saturated carbocycles. The summed E-state index contributed by atoms with van der Waals surface area (Å²) in [5, 5.41) is 23.7. The van der Waals surface area contributed by atoms with Crippen molar-refractivity contribution in [2.45, 2.75) is 18.9 Å². The summed E-state index contributed by atoms with van der Waals surface area (Å²) in [6.07, 6.45) is 0.501. The van der Waals surface area contributed by atoms with Crippen molar-refractivity contribution in [2.24, 2.45) is 0 Å². The average Bonchev–Trinajstić information content (AvgIpc) is 2.35. The highest BCUT2D eigenvalue weighted by Crippen LogP contribution is 2.27. The predicted octanol–water partition coefficient (Wildman–Crippen LogP) is 2.56. The summed E-state index contributed by atoms with van der Waals surface area (Å²) in [7, 11) is 1.58. The Morgan fingerprint density at radius 2 is 2.26 bits per heavy atom. The lowest BCUT2D eigenvalue weighted by Gasteiger charge is -2.24. The molecule has 7 heteroatoms. The van der Waals surface area contributed by atoms with E-state index >= 15 is 0 Å². The average molecular weight is 333 g/mol. The molecule has 0 amide bonds. The van der Waals surface area contributed by atoms with Gasteiger partial charge in [-0.3, -0.25) is 10.1 Å². The Bertz CT molecular complexity index is 451. The minimum Gasteiger partial charge on any atom is -0.388 e. The van der Waals surface area contributed by atoms with E-state index in [1.54, 1.807) is 20.1 Å². The van der Waals surface area contributed by atoms with Gasteiger partial charge in [0.15, 0.2) is 0 Å². The van der Waals surface area contributed by atoms with E-state index in [4.69, 9.17) is 4.74 Å². The predicted molar refractivity (Wildman–Crippen MR) is 76.4 cm³/mol. The molecule has 0 spiro atoms. The monoisotopic (exact) mass is 332 g/mol. The summed E-state index contributed by atoms with van der Waals surface area (Å²) in [4.78, 5) is 10.2. The number of ether oxygens (including phenoxy) is 1. The number of methoxy groups -OCH3 is 1. The number of rotatable bonds is 7. The van der Waals surface area contributed by atoms with E-state index in [-0.39, 0.29) is 5.69 Å². The van der Waals surface area contributed by atoms with Gasteiger partial charge < -0.3 is 15.2 Å². The molecular formula is C12H17BrN2O4. The Morgan fingerprint density at radius 3 is 2.79 bits per heavy atom. The number of benzene rings is 1. The zero-order valence-corrected chi connectivity index (χ0v) is 12.4. The lowest BCUT2D eigenvalue weighted by Crippen LogP contribution is -2.34. The van der Waals surface area contributed by atoms with Crippen LogP contribution in [0.15, 0.2) is 22.7 Å². The summed E-state index contributed by atoms with van der Waals surface area (Å²) < 4.78 is 5.51. The molecule has 0 unspecified atom stereocenters. The van der Waals surface area contributed by atoms with E-state index in [9.17, 15) is 15.2 Å². The van der Waals surface area contributed by atoms with Crippen molar-refractivity contribution >= 4 is 27.3 Å². The van der Waals surface area contributed by atoms with Crippen LogP contribution in [0, 0.1) is 10.1 Å². The number of halogens is 1. The van der Waals surface area contributed by atoms with Crippen molar-refractivity contribution < 1.29 is 14.8 Å². The number of hydrogen-bond acceptors (Lipinski definition) is 5. The molecule has 0 saturated heterocycles. The second-order valence-corrected chi connectivity index (χ2v) is 5.37. The van der Waals surface area contributed by atoms with E-state index in [0.29, 0.717) is 29.7 Å². The lowest BCUT2D eigenvalue weighted by atomic mass is 10.0. The summed E-state index contributed by atoms with van der Waals surface area (Å²) in [5.41, 5.74) is -0.191. The number of nitro groups is 1. The second-order valence-electron chi connectivity index (χ2n) is 4.51. The minimum absolute atomic E-state index is 0.0172. The van der Waals surface area contributed by atoms with Crippen LogP contribution in [-0.2, 0) is 4.74 Å². The maximum Gasteiger partial charge on any atom is 0.270 e. The molecule has 0 fully saturated rings. The molecule has 1 rings (SSSR count). The van der Waals surface area contributed by atoms with Crippen molar-refractivity contribution in [2.75, 3.05) is 25.6 Å². The normalized spacial score (nSPS) is 13.9. The van der Waals surface area contributed by atoms with E-state index in [1.165, 1.54) is 12.1 Å². The first-order valence-electron chi connectivity index (χ1n) is 5.75. The van der Waals surface area contributed by atoms with Crippen LogP contribution in [0.25, 0.3) is 0 Å². The highest BCUT2D eigenvalue weighted by Gasteiger charge is 2.20. The number of non-ortho nitro benzene ring substituents is 1.